The average Bonchev–Trinajstić information content (AvgIpc) is 2.34. The fourth-order valence-corrected chi connectivity index (χ4v) is 1.59. The predicted octanol–water partition coefficient (Wildman–Crippen LogP) is 2.84. The van der Waals surface area contributed by atoms with Crippen LogP contribution in [0, 0.1) is 17.0 Å². The van der Waals surface area contributed by atoms with E-state index in [-0.39, 0.29) is 5.69 Å². The van der Waals surface area contributed by atoms with Gasteiger partial charge in [0.05, 0.1) is 4.92 Å². The number of carbonyl (C=O) groups is 1. The Morgan fingerprint density at radius 2 is 2.00 bits per heavy atom. The number of nitrogens with zero attached hydrogens (tertiary/aromatic N) is 1. The summed E-state index contributed by atoms with van der Waals surface area (Å²) in [6, 6.07) is 4.62. The maximum atomic E-state index is 11.4. The summed E-state index contributed by atoms with van der Waals surface area (Å²) in [6.07, 6.45) is -0.486. The van der Waals surface area contributed by atoms with Crippen molar-refractivity contribution in [1.82, 2.24) is 5.32 Å². The van der Waals surface area contributed by atoms with Crippen LogP contribution in [-0.4, -0.2) is 29.7 Å². The van der Waals surface area contributed by atoms with E-state index < -0.39 is 16.6 Å². The number of alkyl carbamates (subject to hydrolysis) is 1. The fraction of sp³-hybridized carbons (Fsp3) is 0.500. The Bertz CT molecular complexity index is 523. The summed E-state index contributed by atoms with van der Waals surface area (Å²) in [4.78, 5) is 21.7. The lowest BCUT2D eigenvalue weighted by Gasteiger charge is -2.19. The lowest BCUT2D eigenvalue weighted by atomic mass is 10.2. The Balaban J connectivity index is 2.44. The number of nitrogens with one attached hydrogen (secondary N) is 2. The SMILES string of the molecule is Cc1ccc([N+](=O)[O-])cc1NCCNC(=O)OC(C)(C)C. The summed E-state index contributed by atoms with van der Waals surface area (Å²) < 4.78 is 5.10. The molecule has 0 saturated carbocycles. The monoisotopic (exact) mass is 295 g/mol. The minimum Gasteiger partial charge on any atom is -0.444 e. The van der Waals surface area contributed by atoms with Gasteiger partial charge < -0.3 is 15.4 Å². The van der Waals surface area contributed by atoms with Crippen LogP contribution in [-0.2, 0) is 4.74 Å². The minimum atomic E-state index is -0.534. The Labute approximate surface area is 123 Å². The molecule has 0 heterocycles. The second-order valence-corrected chi connectivity index (χ2v) is 5.61. The third kappa shape index (κ3) is 6.11. The van der Waals surface area contributed by atoms with Gasteiger partial charge in [-0.25, -0.2) is 4.79 Å². The number of rotatable bonds is 5. The third-order valence-electron chi connectivity index (χ3n) is 2.54. The molecule has 0 unspecified atom stereocenters. The van der Waals surface area contributed by atoms with Crippen LogP contribution >= 0.6 is 0 Å². The number of nitro groups is 1. The summed E-state index contributed by atoms with van der Waals surface area (Å²) in [5, 5.41) is 16.4. The molecule has 1 aromatic rings. The molecule has 0 atom stereocenters. The van der Waals surface area contributed by atoms with Crippen LogP contribution in [0.15, 0.2) is 18.2 Å². The van der Waals surface area contributed by atoms with Crippen LogP contribution < -0.4 is 10.6 Å². The van der Waals surface area contributed by atoms with Crippen LogP contribution in [0.1, 0.15) is 26.3 Å². The molecule has 0 bridgehead atoms. The van der Waals surface area contributed by atoms with E-state index in [1.54, 1.807) is 26.8 Å². The summed E-state index contributed by atoms with van der Waals surface area (Å²) >= 11 is 0. The Hall–Kier alpha value is -2.31. The first kappa shape index (κ1) is 16.7. The largest absolute Gasteiger partial charge is 0.444 e. The van der Waals surface area contributed by atoms with Crippen LogP contribution in [0.3, 0.4) is 0 Å². The zero-order valence-corrected chi connectivity index (χ0v) is 12.7. The summed E-state index contributed by atoms with van der Waals surface area (Å²) in [6.45, 7) is 8.03. The average molecular weight is 295 g/mol. The molecule has 0 aliphatic carbocycles. The Kier molecular flexibility index (Phi) is 5.52. The lowest BCUT2D eigenvalue weighted by Crippen LogP contribution is -2.35. The van der Waals surface area contributed by atoms with Crippen molar-refractivity contribution in [3.05, 3.63) is 33.9 Å². The van der Waals surface area contributed by atoms with Crippen molar-refractivity contribution in [2.45, 2.75) is 33.3 Å². The highest BCUT2D eigenvalue weighted by molar-refractivity contribution is 5.67. The molecule has 116 valence electrons. The van der Waals surface area contributed by atoms with Crippen molar-refractivity contribution in [1.29, 1.82) is 0 Å². The minimum absolute atomic E-state index is 0.0307. The van der Waals surface area contributed by atoms with Crippen molar-refractivity contribution in [3.8, 4) is 0 Å². The molecular weight excluding hydrogens is 274 g/mol. The third-order valence-corrected chi connectivity index (χ3v) is 2.54. The molecule has 0 radical (unpaired) electrons. The molecule has 1 rings (SSSR count). The number of hydrogen-bond donors (Lipinski definition) is 2. The highest BCUT2D eigenvalue weighted by Crippen LogP contribution is 2.21. The van der Waals surface area contributed by atoms with Gasteiger partial charge in [-0.3, -0.25) is 10.1 Å². The first-order valence-corrected chi connectivity index (χ1v) is 6.65. The van der Waals surface area contributed by atoms with Gasteiger partial charge in [0.25, 0.3) is 5.69 Å². The summed E-state index contributed by atoms with van der Waals surface area (Å²) in [5.41, 5.74) is 1.07. The van der Waals surface area contributed by atoms with Gasteiger partial charge in [-0.05, 0) is 33.3 Å². The van der Waals surface area contributed by atoms with Gasteiger partial charge in [-0.2, -0.15) is 0 Å². The van der Waals surface area contributed by atoms with E-state index in [1.807, 2.05) is 6.92 Å². The lowest BCUT2D eigenvalue weighted by molar-refractivity contribution is -0.384. The van der Waals surface area contributed by atoms with Crippen LogP contribution in [0.2, 0.25) is 0 Å². The highest BCUT2D eigenvalue weighted by atomic mass is 16.6. The molecule has 0 fully saturated rings. The van der Waals surface area contributed by atoms with E-state index in [0.717, 1.165) is 5.56 Å². The molecule has 1 aromatic carbocycles. The second-order valence-electron chi connectivity index (χ2n) is 5.61. The predicted molar refractivity (Wildman–Crippen MR) is 80.6 cm³/mol. The highest BCUT2D eigenvalue weighted by Gasteiger charge is 2.15. The van der Waals surface area contributed by atoms with Crippen LogP contribution in [0.5, 0.6) is 0 Å². The zero-order valence-electron chi connectivity index (χ0n) is 12.7. The first-order chi connectivity index (χ1) is 9.69. The normalized spacial score (nSPS) is 10.9. The molecule has 2 N–H and O–H groups in total. The number of nitro benzene ring substituents is 1. The number of anilines is 1. The molecule has 0 aliphatic rings. The fourth-order valence-electron chi connectivity index (χ4n) is 1.59. The quantitative estimate of drug-likeness (QED) is 0.495. The van der Waals surface area contributed by atoms with E-state index in [2.05, 4.69) is 10.6 Å². The number of hydrogen-bond acceptors (Lipinski definition) is 5. The molecule has 0 aromatic heterocycles. The Morgan fingerprint density at radius 1 is 1.33 bits per heavy atom. The molecule has 0 saturated heterocycles. The van der Waals surface area contributed by atoms with Gasteiger partial charge in [0.15, 0.2) is 0 Å². The molecule has 7 nitrogen and oxygen atoms in total. The second kappa shape index (κ2) is 6.92. The number of carbonyl (C=O) groups excluding carboxylic acids is 1. The van der Waals surface area contributed by atoms with Gasteiger partial charge in [-0.15, -0.1) is 0 Å². The maximum Gasteiger partial charge on any atom is 0.407 e. The van der Waals surface area contributed by atoms with Crippen LogP contribution in [0.4, 0.5) is 16.2 Å². The number of benzene rings is 1. The van der Waals surface area contributed by atoms with Crippen molar-refractivity contribution in [2.75, 3.05) is 18.4 Å². The van der Waals surface area contributed by atoms with E-state index in [9.17, 15) is 14.9 Å². The number of non-ortho nitro benzene ring substituents is 1. The molecule has 0 spiro atoms. The Morgan fingerprint density at radius 3 is 2.57 bits per heavy atom. The van der Waals surface area contributed by atoms with E-state index in [0.29, 0.717) is 18.8 Å². The smallest absolute Gasteiger partial charge is 0.407 e. The zero-order chi connectivity index (χ0) is 16.0. The van der Waals surface area contributed by atoms with Gasteiger partial charge in [0.2, 0.25) is 0 Å². The van der Waals surface area contributed by atoms with Crippen molar-refractivity contribution in [3.63, 3.8) is 0 Å². The van der Waals surface area contributed by atoms with Gasteiger partial charge >= 0.3 is 6.09 Å². The summed E-state index contributed by atoms with van der Waals surface area (Å²) in [5.74, 6) is 0. The number of ether oxygens (including phenoxy) is 1. The number of amides is 1. The van der Waals surface area contributed by atoms with Crippen molar-refractivity contribution in [2.24, 2.45) is 0 Å². The van der Waals surface area contributed by atoms with Gasteiger partial charge in [0.1, 0.15) is 5.60 Å². The number of aryl methyl sites for hydroxylation is 1. The van der Waals surface area contributed by atoms with E-state index in [1.165, 1.54) is 12.1 Å². The van der Waals surface area contributed by atoms with Gasteiger partial charge in [0, 0.05) is 30.9 Å². The standard InChI is InChI=1S/C14H21N3O4/c1-10-5-6-11(17(19)20)9-12(10)15-7-8-16-13(18)21-14(2,3)4/h5-6,9,15H,7-8H2,1-4H3,(H,16,18). The molecule has 1 amide bonds. The van der Waals surface area contributed by atoms with Crippen molar-refractivity contribution >= 4 is 17.5 Å². The van der Waals surface area contributed by atoms with Crippen LogP contribution in [0.25, 0.3) is 0 Å². The van der Waals surface area contributed by atoms with Crippen molar-refractivity contribution < 1.29 is 14.5 Å². The van der Waals surface area contributed by atoms with E-state index >= 15 is 0 Å². The van der Waals surface area contributed by atoms with Gasteiger partial charge in [-0.1, -0.05) is 6.07 Å². The molecule has 0 aliphatic heterocycles. The summed E-state index contributed by atoms with van der Waals surface area (Å²) in [7, 11) is 0. The van der Waals surface area contributed by atoms with E-state index in [4.69, 9.17) is 4.74 Å². The molecular formula is C14H21N3O4. The molecule has 7 heteroatoms. The first-order valence-electron chi connectivity index (χ1n) is 6.65. The topological polar surface area (TPSA) is 93.5 Å². The maximum absolute atomic E-state index is 11.4. The molecule has 21 heavy (non-hydrogen) atoms.